The van der Waals surface area contributed by atoms with Gasteiger partial charge in [0.25, 0.3) is 0 Å². The summed E-state index contributed by atoms with van der Waals surface area (Å²) in [6.07, 6.45) is 0. The summed E-state index contributed by atoms with van der Waals surface area (Å²) in [5.41, 5.74) is 8.73. The minimum Gasteiger partial charge on any atom is -0.488 e. The molecule has 0 aromatic heterocycles. The fourth-order valence-corrected chi connectivity index (χ4v) is 1.86. The number of nitrogens with two attached hydrogens (primary N) is 1. The maximum atomic E-state index is 5.77. The third-order valence-electron chi connectivity index (χ3n) is 2.64. The Morgan fingerprint density at radius 1 is 1.17 bits per heavy atom. The second-order valence-corrected chi connectivity index (χ2v) is 4.58. The van der Waals surface area contributed by atoms with E-state index in [1.54, 1.807) is 0 Å². The molecule has 0 atom stereocenters. The first-order chi connectivity index (χ1) is 8.66. The van der Waals surface area contributed by atoms with Crippen molar-refractivity contribution in [3.8, 4) is 5.75 Å². The molecule has 0 aliphatic carbocycles. The summed E-state index contributed by atoms with van der Waals surface area (Å²) in [6.45, 7) is 2.52. The molecule has 2 N–H and O–H groups in total. The Kier molecular flexibility index (Phi) is 3.95. The number of ether oxygens (including phenoxy) is 1. The van der Waals surface area contributed by atoms with Crippen molar-refractivity contribution in [2.24, 2.45) is 5.73 Å². The second-order valence-electron chi connectivity index (χ2n) is 4.14. The average molecular weight is 257 g/mol. The largest absolute Gasteiger partial charge is 0.488 e. The third kappa shape index (κ3) is 3.08. The van der Waals surface area contributed by atoms with Gasteiger partial charge in [0, 0.05) is 0 Å². The van der Waals surface area contributed by atoms with Crippen LogP contribution >= 0.6 is 12.2 Å². The molecule has 0 spiro atoms. The van der Waals surface area contributed by atoms with Crippen molar-refractivity contribution in [1.82, 2.24) is 0 Å². The maximum absolute atomic E-state index is 5.77. The van der Waals surface area contributed by atoms with Crippen LogP contribution in [0.1, 0.15) is 16.7 Å². The van der Waals surface area contributed by atoms with Crippen LogP contribution in [0.4, 0.5) is 0 Å². The number of benzene rings is 2. The second kappa shape index (κ2) is 5.65. The highest BCUT2D eigenvalue weighted by molar-refractivity contribution is 7.80. The number of aryl methyl sites for hydroxylation is 1. The molecule has 0 amide bonds. The van der Waals surface area contributed by atoms with E-state index in [1.807, 2.05) is 55.5 Å². The van der Waals surface area contributed by atoms with E-state index in [4.69, 9.17) is 22.7 Å². The fraction of sp³-hybridized carbons (Fsp3) is 0.133. The molecule has 2 aromatic carbocycles. The zero-order chi connectivity index (χ0) is 13.0. The molecular weight excluding hydrogens is 242 g/mol. The average Bonchev–Trinajstić information content (AvgIpc) is 2.38. The van der Waals surface area contributed by atoms with Crippen molar-refractivity contribution in [1.29, 1.82) is 0 Å². The van der Waals surface area contributed by atoms with Crippen molar-refractivity contribution >= 4 is 17.2 Å². The van der Waals surface area contributed by atoms with E-state index in [2.05, 4.69) is 0 Å². The van der Waals surface area contributed by atoms with Gasteiger partial charge in [0.15, 0.2) is 0 Å². The first kappa shape index (κ1) is 12.6. The van der Waals surface area contributed by atoms with Crippen molar-refractivity contribution in [3.63, 3.8) is 0 Å². The Labute approximate surface area is 112 Å². The molecule has 0 aliphatic rings. The van der Waals surface area contributed by atoms with Crippen molar-refractivity contribution in [2.75, 3.05) is 0 Å². The maximum Gasteiger partial charge on any atom is 0.130 e. The van der Waals surface area contributed by atoms with Crippen LogP contribution in [0.15, 0.2) is 48.5 Å². The lowest BCUT2D eigenvalue weighted by atomic mass is 10.1. The zero-order valence-electron chi connectivity index (χ0n) is 10.2. The topological polar surface area (TPSA) is 35.2 Å². The summed E-state index contributed by atoms with van der Waals surface area (Å²) in [5, 5.41) is 0. The molecule has 92 valence electrons. The van der Waals surface area contributed by atoms with E-state index in [1.165, 1.54) is 0 Å². The predicted molar refractivity (Wildman–Crippen MR) is 77.8 cm³/mol. The lowest BCUT2D eigenvalue weighted by molar-refractivity contribution is 0.305. The van der Waals surface area contributed by atoms with E-state index in [9.17, 15) is 0 Å². The molecule has 18 heavy (non-hydrogen) atoms. The van der Waals surface area contributed by atoms with E-state index >= 15 is 0 Å². The molecule has 3 heteroatoms. The number of hydrogen-bond acceptors (Lipinski definition) is 2. The first-order valence-electron chi connectivity index (χ1n) is 5.74. The molecule has 0 aliphatic heterocycles. The summed E-state index contributed by atoms with van der Waals surface area (Å²) < 4.78 is 5.77. The van der Waals surface area contributed by atoms with Gasteiger partial charge in [0.05, 0.1) is 5.56 Å². The molecule has 2 rings (SSSR count). The van der Waals surface area contributed by atoms with Crippen LogP contribution in [-0.4, -0.2) is 4.99 Å². The first-order valence-corrected chi connectivity index (χ1v) is 6.15. The van der Waals surface area contributed by atoms with Gasteiger partial charge in [-0.1, -0.05) is 54.2 Å². The van der Waals surface area contributed by atoms with Gasteiger partial charge in [-0.3, -0.25) is 0 Å². The molecule has 0 heterocycles. The van der Waals surface area contributed by atoms with Crippen molar-refractivity contribution in [3.05, 3.63) is 65.2 Å². The molecule has 0 fully saturated rings. The smallest absolute Gasteiger partial charge is 0.130 e. The van der Waals surface area contributed by atoms with Gasteiger partial charge in [-0.05, 0) is 24.6 Å². The van der Waals surface area contributed by atoms with Crippen LogP contribution in [0, 0.1) is 6.92 Å². The predicted octanol–water partition coefficient (Wildman–Crippen LogP) is 3.21. The van der Waals surface area contributed by atoms with Gasteiger partial charge >= 0.3 is 0 Å². The SMILES string of the molecule is Cc1ccc(OCc2ccccc2)c(C(N)=S)c1. The van der Waals surface area contributed by atoms with E-state index < -0.39 is 0 Å². The highest BCUT2D eigenvalue weighted by Gasteiger charge is 2.06. The van der Waals surface area contributed by atoms with Gasteiger partial charge in [0.1, 0.15) is 17.3 Å². The Hall–Kier alpha value is -1.87. The Morgan fingerprint density at radius 2 is 1.89 bits per heavy atom. The van der Waals surface area contributed by atoms with E-state index in [0.717, 1.165) is 22.4 Å². The Bertz CT molecular complexity index is 552. The monoisotopic (exact) mass is 257 g/mol. The molecule has 0 saturated carbocycles. The summed E-state index contributed by atoms with van der Waals surface area (Å²) >= 11 is 5.04. The molecular formula is C15H15NOS. The van der Waals surface area contributed by atoms with Gasteiger partial charge in [0.2, 0.25) is 0 Å². The fourth-order valence-electron chi connectivity index (χ4n) is 1.70. The molecule has 2 nitrogen and oxygen atoms in total. The lowest BCUT2D eigenvalue weighted by Gasteiger charge is -2.11. The number of thiocarbonyl (C=S) groups is 1. The van der Waals surface area contributed by atoms with Gasteiger partial charge < -0.3 is 10.5 Å². The van der Waals surface area contributed by atoms with Crippen LogP contribution in [0.3, 0.4) is 0 Å². The van der Waals surface area contributed by atoms with Gasteiger partial charge in [-0.25, -0.2) is 0 Å². The number of rotatable bonds is 4. The van der Waals surface area contributed by atoms with Crippen LogP contribution in [-0.2, 0) is 6.61 Å². The molecule has 0 saturated heterocycles. The van der Waals surface area contributed by atoms with Crippen LogP contribution in [0.25, 0.3) is 0 Å². The minimum atomic E-state index is 0.363. The molecule has 0 bridgehead atoms. The van der Waals surface area contributed by atoms with E-state index in [-0.39, 0.29) is 0 Å². The summed E-state index contributed by atoms with van der Waals surface area (Å²) in [7, 11) is 0. The van der Waals surface area contributed by atoms with Crippen LogP contribution in [0.2, 0.25) is 0 Å². The lowest BCUT2D eigenvalue weighted by Crippen LogP contribution is -2.12. The third-order valence-corrected chi connectivity index (χ3v) is 2.86. The van der Waals surface area contributed by atoms with Crippen LogP contribution < -0.4 is 10.5 Å². The molecule has 0 unspecified atom stereocenters. The molecule has 0 radical (unpaired) electrons. The van der Waals surface area contributed by atoms with Crippen molar-refractivity contribution in [2.45, 2.75) is 13.5 Å². The van der Waals surface area contributed by atoms with Crippen molar-refractivity contribution < 1.29 is 4.74 Å². The summed E-state index contributed by atoms with van der Waals surface area (Å²) in [5.74, 6) is 0.733. The standard InChI is InChI=1S/C15H15NOS/c1-11-7-8-14(13(9-11)15(16)18)17-10-12-5-3-2-4-6-12/h2-9H,10H2,1H3,(H2,16,18). The van der Waals surface area contributed by atoms with E-state index in [0.29, 0.717) is 11.6 Å². The minimum absolute atomic E-state index is 0.363. The molecule has 2 aromatic rings. The highest BCUT2D eigenvalue weighted by atomic mass is 32.1. The normalized spacial score (nSPS) is 10.1. The number of hydrogen-bond donors (Lipinski definition) is 1. The van der Waals surface area contributed by atoms with Gasteiger partial charge in [-0.2, -0.15) is 0 Å². The van der Waals surface area contributed by atoms with Crippen LogP contribution in [0.5, 0.6) is 5.75 Å². The summed E-state index contributed by atoms with van der Waals surface area (Å²) in [4.78, 5) is 0.363. The van der Waals surface area contributed by atoms with Gasteiger partial charge in [-0.15, -0.1) is 0 Å². The Balaban J connectivity index is 2.17. The zero-order valence-corrected chi connectivity index (χ0v) is 11.0. The highest BCUT2D eigenvalue weighted by Crippen LogP contribution is 2.21. The summed E-state index contributed by atoms with van der Waals surface area (Å²) in [6, 6.07) is 15.8. The quantitative estimate of drug-likeness (QED) is 0.854. The Morgan fingerprint density at radius 3 is 2.56 bits per heavy atom.